The van der Waals surface area contributed by atoms with Gasteiger partial charge in [-0.05, 0) is 17.5 Å². The van der Waals surface area contributed by atoms with Crippen molar-refractivity contribution in [2.24, 2.45) is 5.92 Å². The minimum Gasteiger partial charge on any atom is -0.341 e. The monoisotopic (exact) mass is 242 g/mol. The average molecular weight is 243 g/mol. The molecule has 80 valence electrons. The van der Waals surface area contributed by atoms with Crippen molar-refractivity contribution in [2.45, 2.75) is 18.9 Å². The lowest BCUT2D eigenvalue weighted by molar-refractivity contribution is 0.749. The number of fused-ring (bicyclic) bond motifs is 1. The van der Waals surface area contributed by atoms with Crippen LogP contribution in [0.5, 0.6) is 0 Å². The van der Waals surface area contributed by atoms with E-state index < -0.39 is 0 Å². The molecule has 0 amide bonds. The van der Waals surface area contributed by atoms with Gasteiger partial charge in [0.1, 0.15) is 10.5 Å². The number of H-pyrrole nitrogens is 1. The second-order valence-electron chi connectivity index (χ2n) is 3.60. The summed E-state index contributed by atoms with van der Waals surface area (Å²) in [6.45, 7) is 4.33. The molecule has 0 aliphatic heterocycles. The van der Waals surface area contributed by atoms with Gasteiger partial charge in [-0.2, -0.15) is 4.98 Å². The number of hydrogen-bond donors (Lipinski definition) is 1. The topological polar surface area (TPSA) is 54.5 Å². The van der Waals surface area contributed by atoms with Crippen molar-refractivity contribution in [3.8, 4) is 0 Å². The first kappa shape index (κ1) is 10.7. The van der Waals surface area contributed by atoms with Crippen molar-refractivity contribution < 1.29 is 0 Å². The van der Waals surface area contributed by atoms with Crippen LogP contribution in [0.1, 0.15) is 13.8 Å². The highest BCUT2D eigenvalue weighted by atomic mass is 35.5. The largest absolute Gasteiger partial charge is 0.341 e. The molecule has 0 bridgehead atoms. The summed E-state index contributed by atoms with van der Waals surface area (Å²) in [5.74, 6) is 1.61. The van der Waals surface area contributed by atoms with Crippen molar-refractivity contribution in [1.29, 1.82) is 0 Å². The van der Waals surface area contributed by atoms with Crippen molar-refractivity contribution >= 4 is 34.5 Å². The molecule has 0 aliphatic carbocycles. The number of nitrogens with one attached hydrogen (secondary N) is 1. The van der Waals surface area contributed by atoms with Crippen molar-refractivity contribution in [3.05, 3.63) is 11.6 Å². The number of aromatic amines is 1. The fourth-order valence-corrected chi connectivity index (χ4v) is 2.28. The van der Waals surface area contributed by atoms with Crippen LogP contribution in [0.3, 0.4) is 0 Å². The number of aromatic nitrogens is 4. The summed E-state index contributed by atoms with van der Waals surface area (Å²) in [5.41, 5.74) is 1.49. The maximum absolute atomic E-state index is 5.81. The number of rotatable bonds is 3. The minimum absolute atomic E-state index is 0.251. The number of nitrogens with zero attached hydrogens (tertiary/aromatic N) is 3. The van der Waals surface area contributed by atoms with Crippen LogP contribution in [0, 0.1) is 5.92 Å². The Morgan fingerprint density at radius 1 is 1.47 bits per heavy atom. The summed E-state index contributed by atoms with van der Waals surface area (Å²) >= 11 is 7.48. The molecule has 1 N–H and O–H groups in total. The van der Waals surface area contributed by atoms with Gasteiger partial charge < -0.3 is 4.98 Å². The van der Waals surface area contributed by atoms with E-state index in [0.29, 0.717) is 11.6 Å². The van der Waals surface area contributed by atoms with Gasteiger partial charge in [0.2, 0.25) is 5.28 Å². The van der Waals surface area contributed by atoms with Crippen LogP contribution in [0.25, 0.3) is 11.2 Å². The summed E-state index contributed by atoms with van der Waals surface area (Å²) in [5, 5.41) is 1.12. The Labute approximate surface area is 96.9 Å². The van der Waals surface area contributed by atoms with E-state index in [9.17, 15) is 0 Å². The van der Waals surface area contributed by atoms with Crippen molar-refractivity contribution in [1.82, 2.24) is 19.9 Å². The van der Waals surface area contributed by atoms with Gasteiger partial charge in [-0.25, -0.2) is 9.97 Å². The van der Waals surface area contributed by atoms with E-state index in [2.05, 4.69) is 33.8 Å². The molecule has 2 rings (SSSR count). The second-order valence-corrected chi connectivity index (χ2v) is 4.95. The molecular formula is C9H11ClN4S. The molecule has 0 atom stereocenters. The Balaban J connectivity index is 2.35. The summed E-state index contributed by atoms with van der Waals surface area (Å²) in [6.07, 6.45) is 1.61. The van der Waals surface area contributed by atoms with E-state index in [-0.39, 0.29) is 5.28 Å². The molecule has 0 saturated carbocycles. The fourth-order valence-electron chi connectivity index (χ4n) is 1.13. The van der Waals surface area contributed by atoms with Gasteiger partial charge >= 0.3 is 0 Å². The molecule has 0 unspecified atom stereocenters. The molecule has 0 fully saturated rings. The Kier molecular flexibility index (Phi) is 3.11. The zero-order valence-electron chi connectivity index (χ0n) is 8.49. The van der Waals surface area contributed by atoms with Gasteiger partial charge in [-0.15, -0.1) is 11.8 Å². The highest BCUT2D eigenvalue weighted by Crippen LogP contribution is 2.25. The number of thioether (sulfide) groups is 1. The van der Waals surface area contributed by atoms with E-state index in [0.717, 1.165) is 16.3 Å². The third-order valence-electron chi connectivity index (χ3n) is 1.78. The summed E-state index contributed by atoms with van der Waals surface area (Å²) in [6, 6.07) is 0. The molecule has 0 spiro atoms. The van der Waals surface area contributed by atoms with E-state index >= 15 is 0 Å². The van der Waals surface area contributed by atoms with Gasteiger partial charge in [-0.3, -0.25) is 0 Å². The van der Waals surface area contributed by atoms with E-state index in [1.807, 2.05) is 0 Å². The maximum atomic E-state index is 5.81. The lowest BCUT2D eigenvalue weighted by Gasteiger charge is -2.04. The Bertz CT molecular complexity index is 468. The molecule has 4 nitrogen and oxygen atoms in total. The quantitative estimate of drug-likeness (QED) is 0.511. The van der Waals surface area contributed by atoms with Crippen molar-refractivity contribution in [2.75, 3.05) is 5.75 Å². The molecular weight excluding hydrogens is 232 g/mol. The van der Waals surface area contributed by atoms with Crippen LogP contribution < -0.4 is 0 Å². The summed E-state index contributed by atoms with van der Waals surface area (Å²) in [4.78, 5) is 15.3. The number of imidazole rings is 1. The van der Waals surface area contributed by atoms with Crippen LogP contribution in [-0.4, -0.2) is 25.7 Å². The lowest BCUT2D eigenvalue weighted by atomic mass is 10.3. The molecule has 0 saturated heterocycles. The SMILES string of the molecule is CC(C)CSc1nc(Cl)nc2nc[nH]c12. The van der Waals surface area contributed by atoms with E-state index in [1.54, 1.807) is 18.1 Å². The van der Waals surface area contributed by atoms with E-state index in [1.165, 1.54) is 0 Å². The third-order valence-corrected chi connectivity index (χ3v) is 3.35. The molecule has 2 aromatic rings. The zero-order valence-corrected chi connectivity index (χ0v) is 10.1. The highest BCUT2D eigenvalue weighted by Gasteiger charge is 2.09. The molecule has 15 heavy (non-hydrogen) atoms. The smallest absolute Gasteiger partial charge is 0.225 e. The highest BCUT2D eigenvalue weighted by molar-refractivity contribution is 7.99. The fraction of sp³-hybridized carbons (Fsp3) is 0.444. The molecule has 0 radical (unpaired) electrons. The molecule has 0 aromatic carbocycles. The van der Waals surface area contributed by atoms with Crippen molar-refractivity contribution in [3.63, 3.8) is 0 Å². The van der Waals surface area contributed by atoms with Gasteiger partial charge in [0.25, 0.3) is 0 Å². The standard InChI is InChI=1S/C9H11ClN4S/c1-5(2)3-15-8-6-7(12-4-11-6)13-9(10)14-8/h4-5H,3H2,1-2H3,(H,11,12,13,14). The Morgan fingerprint density at radius 2 is 2.27 bits per heavy atom. The first-order valence-electron chi connectivity index (χ1n) is 4.66. The number of hydrogen-bond acceptors (Lipinski definition) is 4. The second kappa shape index (κ2) is 4.37. The lowest BCUT2D eigenvalue weighted by Crippen LogP contribution is -1.94. The van der Waals surface area contributed by atoms with Crippen LogP contribution >= 0.6 is 23.4 Å². The average Bonchev–Trinajstić information content (AvgIpc) is 2.61. The third kappa shape index (κ3) is 2.41. The zero-order chi connectivity index (χ0) is 10.8. The van der Waals surface area contributed by atoms with Gasteiger partial charge in [-0.1, -0.05) is 13.8 Å². The maximum Gasteiger partial charge on any atom is 0.225 e. The summed E-state index contributed by atoms with van der Waals surface area (Å²) < 4.78 is 0. The van der Waals surface area contributed by atoms with E-state index in [4.69, 9.17) is 11.6 Å². The minimum atomic E-state index is 0.251. The first-order chi connectivity index (χ1) is 7.16. The first-order valence-corrected chi connectivity index (χ1v) is 6.02. The Hall–Kier alpha value is -0.810. The molecule has 2 aromatic heterocycles. The number of halogens is 1. The molecule has 6 heteroatoms. The van der Waals surface area contributed by atoms with Crippen LogP contribution in [0.2, 0.25) is 5.28 Å². The van der Waals surface area contributed by atoms with Crippen LogP contribution in [-0.2, 0) is 0 Å². The predicted octanol–water partition coefficient (Wildman–Crippen LogP) is 2.75. The molecule has 0 aliphatic rings. The van der Waals surface area contributed by atoms with Crippen LogP contribution in [0.15, 0.2) is 11.4 Å². The van der Waals surface area contributed by atoms with Gasteiger partial charge in [0.05, 0.1) is 6.33 Å². The van der Waals surface area contributed by atoms with Gasteiger partial charge in [0.15, 0.2) is 5.65 Å². The van der Waals surface area contributed by atoms with Gasteiger partial charge in [0, 0.05) is 5.75 Å². The Morgan fingerprint density at radius 3 is 3.00 bits per heavy atom. The van der Waals surface area contributed by atoms with Crippen LogP contribution in [0.4, 0.5) is 0 Å². The molecule has 2 heterocycles. The summed E-state index contributed by atoms with van der Waals surface area (Å²) in [7, 11) is 0. The predicted molar refractivity (Wildman–Crippen MR) is 62.3 cm³/mol. The normalized spacial score (nSPS) is 11.5.